The summed E-state index contributed by atoms with van der Waals surface area (Å²) in [5, 5.41) is 14.1. The normalized spacial score (nSPS) is 20.1. The number of nitrogens with one attached hydrogen (secondary N) is 1. The van der Waals surface area contributed by atoms with Crippen molar-refractivity contribution in [2.75, 3.05) is 6.61 Å². The highest BCUT2D eigenvalue weighted by Gasteiger charge is 2.07. The van der Waals surface area contributed by atoms with Gasteiger partial charge in [0.25, 0.3) is 0 Å². The molecule has 7 heavy (non-hydrogen) atoms. The van der Waals surface area contributed by atoms with Gasteiger partial charge >= 0.3 is 0 Å². The van der Waals surface area contributed by atoms with Gasteiger partial charge in [-0.2, -0.15) is 0 Å². The average molecular weight is 116 g/mol. The van der Waals surface area contributed by atoms with Crippen LogP contribution in [-0.2, 0) is 0 Å². The van der Waals surface area contributed by atoms with Gasteiger partial charge in [0, 0.05) is 6.20 Å². The fourth-order valence-electron chi connectivity index (χ4n) is 0.360. The summed E-state index contributed by atoms with van der Waals surface area (Å²) in [5.41, 5.74) is 0. The largest absolute Gasteiger partial charge is 0.393 e. The van der Waals surface area contributed by atoms with Gasteiger partial charge in [-0.3, -0.25) is 0 Å². The van der Waals surface area contributed by atoms with Crippen LogP contribution in [0.25, 0.3) is 0 Å². The number of aliphatic hydroxyl groups excluding tert-OH is 1. The minimum atomic E-state index is 0.123. The van der Waals surface area contributed by atoms with Gasteiger partial charge in [-0.05, 0) is 5.41 Å². The molecule has 0 atom stereocenters. The van der Waals surface area contributed by atoms with Crippen molar-refractivity contribution in [2.24, 2.45) is 0 Å². The predicted octanol–water partition coefficient (Wildman–Crippen LogP) is 0.276. The summed E-state index contributed by atoms with van der Waals surface area (Å²) in [6.07, 6.45) is 1.80. The Morgan fingerprint density at radius 1 is 1.86 bits per heavy atom. The third-order valence-corrected chi connectivity index (χ3v) is 1.47. The maximum atomic E-state index is 8.41. The molecule has 0 aliphatic carbocycles. The van der Waals surface area contributed by atoms with E-state index in [-0.39, 0.29) is 6.61 Å². The molecule has 0 saturated carbocycles. The highest BCUT2D eigenvalue weighted by molar-refractivity contribution is 8.05. The van der Waals surface area contributed by atoms with Crippen molar-refractivity contribution in [3.05, 3.63) is 17.0 Å². The first-order chi connectivity index (χ1) is 3.43. The molecular weight excluding hydrogens is 110 g/mol. The fourth-order valence-corrected chi connectivity index (χ4v) is 0.871. The molecule has 0 bridgehead atoms. The van der Waals surface area contributed by atoms with Crippen LogP contribution in [0.2, 0.25) is 0 Å². The van der Waals surface area contributed by atoms with E-state index in [1.807, 2.05) is 5.41 Å². The van der Waals surface area contributed by atoms with E-state index < -0.39 is 0 Å². The van der Waals surface area contributed by atoms with E-state index >= 15 is 0 Å². The highest BCUT2D eigenvalue weighted by Crippen LogP contribution is 2.20. The highest BCUT2D eigenvalue weighted by atomic mass is 32.2. The van der Waals surface area contributed by atoms with Crippen LogP contribution in [-0.4, -0.2) is 11.7 Å². The molecule has 3 heteroatoms. The van der Waals surface area contributed by atoms with Gasteiger partial charge in [0.2, 0.25) is 0 Å². The molecule has 0 aromatic heterocycles. The van der Waals surface area contributed by atoms with Crippen LogP contribution in [0.3, 0.4) is 0 Å². The molecule has 0 saturated heterocycles. The van der Waals surface area contributed by atoms with Crippen molar-refractivity contribution in [1.82, 2.24) is 5.32 Å². The SMILES string of the molecule is OC[C]1NC=CS1. The Kier molecular flexibility index (Phi) is 1.59. The lowest BCUT2D eigenvalue weighted by Gasteiger charge is -2.00. The standard InChI is InChI=1S/C4H6NOS/c6-3-4-5-1-2-7-4/h1-2,5-6H,3H2. The van der Waals surface area contributed by atoms with Crippen molar-refractivity contribution in [3.8, 4) is 0 Å². The number of thioether (sulfide) groups is 1. The van der Waals surface area contributed by atoms with E-state index in [0.29, 0.717) is 0 Å². The van der Waals surface area contributed by atoms with Crippen LogP contribution >= 0.6 is 11.8 Å². The fraction of sp³-hybridized carbons (Fsp3) is 0.250. The lowest BCUT2D eigenvalue weighted by Crippen LogP contribution is -2.09. The Morgan fingerprint density at radius 3 is 3.00 bits per heavy atom. The molecular formula is C4H6NOS. The Bertz CT molecular complexity index is 75.8. The van der Waals surface area contributed by atoms with E-state index in [1.165, 1.54) is 11.8 Å². The lowest BCUT2D eigenvalue weighted by molar-refractivity contribution is 0.316. The topological polar surface area (TPSA) is 32.3 Å². The number of aliphatic hydroxyl groups is 1. The van der Waals surface area contributed by atoms with Crippen molar-refractivity contribution in [1.29, 1.82) is 0 Å². The molecule has 2 nitrogen and oxygen atoms in total. The molecule has 1 heterocycles. The molecule has 0 aromatic rings. The van der Waals surface area contributed by atoms with Gasteiger partial charge in [0.15, 0.2) is 0 Å². The summed E-state index contributed by atoms with van der Waals surface area (Å²) in [6, 6.07) is 0. The molecule has 0 fully saturated rings. The first-order valence-corrected chi connectivity index (χ1v) is 2.86. The van der Waals surface area contributed by atoms with Gasteiger partial charge in [-0.1, -0.05) is 11.8 Å². The van der Waals surface area contributed by atoms with Crippen molar-refractivity contribution >= 4 is 11.8 Å². The molecule has 0 spiro atoms. The van der Waals surface area contributed by atoms with E-state index in [2.05, 4.69) is 5.32 Å². The Balaban J connectivity index is 2.22. The lowest BCUT2D eigenvalue weighted by atomic mass is 10.7. The maximum Gasteiger partial charge on any atom is 0.146 e. The minimum Gasteiger partial charge on any atom is -0.393 e. The van der Waals surface area contributed by atoms with Crippen LogP contribution in [0.4, 0.5) is 0 Å². The molecule has 39 valence electrons. The van der Waals surface area contributed by atoms with Gasteiger partial charge < -0.3 is 10.4 Å². The molecule has 1 radical (unpaired) electrons. The van der Waals surface area contributed by atoms with Crippen molar-refractivity contribution in [3.63, 3.8) is 0 Å². The summed E-state index contributed by atoms with van der Waals surface area (Å²) < 4.78 is 0. The first kappa shape index (κ1) is 5.00. The number of rotatable bonds is 1. The second-order valence-corrected chi connectivity index (χ2v) is 2.15. The van der Waals surface area contributed by atoms with E-state index in [4.69, 9.17) is 5.11 Å². The van der Waals surface area contributed by atoms with Crippen LogP contribution in [0.1, 0.15) is 0 Å². The minimum absolute atomic E-state index is 0.123. The summed E-state index contributed by atoms with van der Waals surface area (Å²) in [6.45, 7) is 0.123. The van der Waals surface area contributed by atoms with Crippen molar-refractivity contribution in [2.45, 2.75) is 0 Å². The third-order valence-electron chi connectivity index (χ3n) is 0.666. The number of hydrogen-bond acceptors (Lipinski definition) is 3. The smallest absolute Gasteiger partial charge is 0.146 e. The summed E-state index contributed by atoms with van der Waals surface area (Å²) in [5.74, 6) is 0. The van der Waals surface area contributed by atoms with Crippen LogP contribution in [0, 0.1) is 5.37 Å². The molecule has 0 aromatic carbocycles. The Morgan fingerprint density at radius 2 is 2.71 bits per heavy atom. The molecule has 1 rings (SSSR count). The average Bonchev–Trinajstić information content (AvgIpc) is 2.14. The zero-order chi connectivity index (χ0) is 5.11. The quantitative estimate of drug-likeness (QED) is 0.516. The first-order valence-electron chi connectivity index (χ1n) is 1.98. The van der Waals surface area contributed by atoms with Gasteiger partial charge in [0.1, 0.15) is 5.37 Å². The predicted molar refractivity (Wildman–Crippen MR) is 30.2 cm³/mol. The molecule has 2 N–H and O–H groups in total. The van der Waals surface area contributed by atoms with E-state index in [1.54, 1.807) is 6.20 Å². The van der Waals surface area contributed by atoms with Gasteiger partial charge in [0.05, 0.1) is 6.61 Å². The van der Waals surface area contributed by atoms with Crippen LogP contribution in [0.5, 0.6) is 0 Å². The van der Waals surface area contributed by atoms with E-state index in [0.717, 1.165) is 5.37 Å². The Labute approximate surface area is 46.6 Å². The molecule has 0 amide bonds. The van der Waals surface area contributed by atoms with E-state index in [9.17, 15) is 0 Å². The Hall–Kier alpha value is -0.150. The van der Waals surface area contributed by atoms with Crippen LogP contribution in [0.15, 0.2) is 11.6 Å². The van der Waals surface area contributed by atoms with Gasteiger partial charge in [-0.25, -0.2) is 0 Å². The monoisotopic (exact) mass is 116 g/mol. The summed E-state index contributed by atoms with van der Waals surface area (Å²) in [4.78, 5) is 0. The zero-order valence-electron chi connectivity index (χ0n) is 3.72. The van der Waals surface area contributed by atoms with Crippen LogP contribution < -0.4 is 5.32 Å². The van der Waals surface area contributed by atoms with Gasteiger partial charge in [-0.15, -0.1) is 0 Å². The second-order valence-electron chi connectivity index (χ2n) is 1.15. The molecule has 0 unspecified atom stereocenters. The summed E-state index contributed by atoms with van der Waals surface area (Å²) >= 11 is 1.52. The molecule has 1 aliphatic heterocycles. The second kappa shape index (κ2) is 2.23. The summed E-state index contributed by atoms with van der Waals surface area (Å²) in [7, 11) is 0. The van der Waals surface area contributed by atoms with Crippen molar-refractivity contribution < 1.29 is 5.11 Å². The molecule has 1 aliphatic rings. The number of hydrogen-bond donors (Lipinski definition) is 2. The zero-order valence-corrected chi connectivity index (χ0v) is 4.53. The third kappa shape index (κ3) is 1.11. The maximum absolute atomic E-state index is 8.41.